The molecular weight excluding hydrogens is 291 g/mol. The summed E-state index contributed by atoms with van der Waals surface area (Å²) >= 11 is 12.3. The van der Waals surface area contributed by atoms with Gasteiger partial charge in [-0.2, -0.15) is 0 Å². The van der Waals surface area contributed by atoms with Gasteiger partial charge in [0.2, 0.25) is 0 Å². The second kappa shape index (κ2) is 5.12. The lowest BCUT2D eigenvalue weighted by Gasteiger charge is -2.09. The molecule has 3 rings (SSSR count). The average Bonchev–Trinajstić information content (AvgIpc) is 2.79. The SMILES string of the molecule is Cc1ccc2nc(CCl)n(-c3ccc(C)c(Cl)c3)c2c1. The van der Waals surface area contributed by atoms with Crippen LogP contribution in [0.1, 0.15) is 17.0 Å². The standard InChI is InChI=1S/C16H14Cl2N2/c1-10-3-6-14-15(7-10)20(16(9-17)19-14)12-5-4-11(2)13(18)8-12/h3-8H,9H2,1-2H3. The van der Waals surface area contributed by atoms with E-state index >= 15 is 0 Å². The van der Waals surface area contributed by atoms with Gasteiger partial charge in [-0.1, -0.05) is 23.7 Å². The number of hydrogen-bond acceptors (Lipinski definition) is 1. The van der Waals surface area contributed by atoms with E-state index in [2.05, 4.69) is 28.6 Å². The zero-order chi connectivity index (χ0) is 14.3. The maximum atomic E-state index is 6.24. The Kier molecular flexibility index (Phi) is 3.45. The van der Waals surface area contributed by atoms with Crippen molar-refractivity contribution in [3.05, 3.63) is 58.4 Å². The van der Waals surface area contributed by atoms with Gasteiger partial charge in [0.1, 0.15) is 5.82 Å². The Hall–Kier alpha value is -1.51. The topological polar surface area (TPSA) is 17.8 Å². The van der Waals surface area contributed by atoms with Crippen molar-refractivity contribution >= 4 is 34.2 Å². The number of imidazole rings is 1. The summed E-state index contributed by atoms with van der Waals surface area (Å²) in [5.41, 5.74) is 5.24. The number of alkyl halides is 1. The monoisotopic (exact) mass is 304 g/mol. The molecule has 0 saturated heterocycles. The van der Waals surface area contributed by atoms with Gasteiger partial charge < -0.3 is 0 Å². The van der Waals surface area contributed by atoms with Crippen molar-refractivity contribution in [1.29, 1.82) is 0 Å². The maximum absolute atomic E-state index is 6.24. The molecule has 1 aromatic heterocycles. The maximum Gasteiger partial charge on any atom is 0.129 e. The molecule has 2 nitrogen and oxygen atoms in total. The van der Waals surface area contributed by atoms with Crippen molar-refractivity contribution in [1.82, 2.24) is 9.55 Å². The third-order valence-corrected chi connectivity index (χ3v) is 4.06. The summed E-state index contributed by atoms with van der Waals surface area (Å²) in [6, 6.07) is 12.2. The van der Waals surface area contributed by atoms with Gasteiger partial charge in [-0.15, -0.1) is 11.6 Å². The predicted octanol–water partition coefficient (Wildman–Crippen LogP) is 5.03. The molecule has 0 amide bonds. The first kappa shape index (κ1) is 13.5. The largest absolute Gasteiger partial charge is 0.295 e. The van der Waals surface area contributed by atoms with Gasteiger partial charge in [0, 0.05) is 10.7 Å². The fourth-order valence-corrected chi connectivity index (χ4v) is 2.69. The smallest absolute Gasteiger partial charge is 0.129 e. The molecular formula is C16H14Cl2N2. The Morgan fingerprint density at radius 2 is 1.90 bits per heavy atom. The molecule has 1 heterocycles. The van der Waals surface area contributed by atoms with E-state index < -0.39 is 0 Å². The minimum Gasteiger partial charge on any atom is -0.295 e. The lowest BCUT2D eigenvalue weighted by molar-refractivity contribution is 0.981. The number of halogens is 2. The lowest BCUT2D eigenvalue weighted by Crippen LogP contribution is -1.99. The van der Waals surface area contributed by atoms with Crippen LogP contribution in [0.3, 0.4) is 0 Å². The van der Waals surface area contributed by atoms with Gasteiger partial charge in [-0.05, 0) is 49.2 Å². The average molecular weight is 305 g/mol. The zero-order valence-electron chi connectivity index (χ0n) is 11.3. The molecule has 0 aliphatic heterocycles. The second-order valence-electron chi connectivity index (χ2n) is 4.92. The fraction of sp³-hybridized carbons (Fsp3) is 0.188. The van der Waals surface area contributed by atoms with Crippen molar-refractivity contribution in [2.75, 3.05) is 0 Å². The van der Waals surface area contributed by atoms with Gasteiger partial charge >= 0.3 is 0 Å². The highest BCUT2D eigenvalue weighted by atomic mass is 35.5. The van der Waals surface area contributed by atoms with E-state index in [0.717, 1.165) is 33.1 Å². The van der Waals surface area contributed by atoms with Gasteiger partial charge in [0.15, 0.2) is 0 Å². The summed E-state index contributed by atoms with van der Waals surface area (Å²) in [4.78, 5) is 4.59. The molecule has 0 fully saturated rings. The van der Waals surface area contributed by atoms with Crippen molar-refractivity contribution in [2.24, 2.45) is 0 Å². The molecule has 0 bridgehead atoms. The highest BCUT2D eigenvalue weighted by Gasteiger charge is 2.12. The van der Waals surface area contributed by atoms with E-state index in [9.17, 15) is 0 Å². The first-order valence-corrected chi connectivity index (χ1v) is 7.32. The molecule has 0 N–H and O–H groups in total. The minimum absolute atomic E-state index is 0.360. The first-order valence-electron chi connectivity index (χ1n) is 6.40. The number of aromatic nitrogens is 2. The van der Waals surface area contributed by atoms with E-state index in [-0.39, 0.29) is 0 Å². The van der Waals surface area contributed by atoms with Crippen LogP contribution in [-0.4, -0.2) is 9.55 Å². The molecule has 3 aromatic rings. The lowest BCUT2D eigenvalue weighted by atomic mass is 10.2. The van der Waals surface area contributed by atoms with Crippen LogP contribution in [0.25, 0.3) is 16.7 Å². The Morgan fingerprint density at radius 1 is 1.10 bits per heavy atom. The Morgan fingerprint density at radius 3 is 2.60 bits per heavy atom. The Bertz CT molecular complexity index is 791. The number of benzene rings is 2. The molecule has 0 saturated carbocycles. The third-order valence-electron chi connectivity index (χ3n) is 3.41. The van der Waals surface area contributed by atoms with Crippen molar-refractivity contribution in [3.8, 4) is 5.69 Å². The molecule has 0 aliphatic carbocycles. The molecule has 0 radical (unpaired) electrons. The normalized spacial score (nSPS) is 11.2. The molecule has 0 unspecified atom stereocenters. The predicted molar refractivity (Wildman–Crippen MR) is 85.1 cm³/mol. The van der Waals surface area contributed by atoms with Crippen LogP contribution in [0.5, 0.6) is 0 Å². The second-order valence-corrected chi connectivity index (χ2v) is 5.60. The molecule has 0 aliphatic rings. The van der Waals surface area contributed by atoms with Crippen LogP contribution in [0.2, 0.25) is 5.02 Å². The van der Waals surface area contributed by atoms with E-state index in [1.54, 1.807) is 0 Å². The summed E-state index contributed by atoms with van der Waals surface area (Å²) in [5, 5.41) is 0.748. The minimum atomic E-state index is 0.360. The summed E-state index contributed by atoms with van der Waals surface area (Å²) in [5.74, 6) is 1.19. The van der Waals surface area contributed by atoms with E-state index in [4.69, 9.17) is 23.2 Å². The molecule has 0 atom stereocenters. The van der Waals surface area contributed by atoms with Crippen LogP contribution >= 0.6 is 23.2 Å². The van der Waals surface area contributed by atoms with E-state index in [0.29, 0.717) is 5.88 Å². The Labute approximate surface area is 128 Å². The molecule has 0 spiro atoms. The van der Waals surface area contributed by atoms with Gasteiger partial charge in [0.25, 0.3) is 0 Å². The van der Waals surface area contributed by atoms with Crippen molar-refractivity contribution in [3.63, 3.8) is 0 Å². The van der Waals surface area contributed by atoms with Crippen molar-refractivity contribution in [2.45, 2.75) is 19.7 Å². The van der Waals surface area contributed by atoms with Crippen molar-refractivity contribution < 1.29 is 0 Å². The Balaban J connectivity index is 2.32. The van der Waals surface area contributed by atoms with Gasteiger partial charge in [-0.3, -0.25) is 4.57 Å². The number of fused-ring (bicyclic) bond motifs is 1. The highest BCUT2D eigenvalue weighted by Crippen LogP contribution is 2.26. The summed E-state index contributed by atoms with van der Waals surface area (Å²) in [6.07, 6.45) is 0. The summed E-state index contributed by atoms with van der Waals surface area (Å²) < 4.78 is 2.07. The van der Waals surface area contributed by atoms with E-state index in [1.165, 1.54) is 5.56 Å². The van der Waals surface area contributed by atoms with E-state index in [1.807, 2.05) is 31.2 Å². The molecule has 2 aromatic carbocycles. The summed E-state index contributed by atoms with van der Waals surface area (Å²) in [6.45, 7) is 4.06. The number of hydrogen-bond donors (Lipinski definition) is 0. The third kappa shape index (κ3) is 2.19. The highest BCUT2D eigenvalue weighted by molar-refractivity contribution is 6.31. The number of rotatable bonds is 2. The number of aryl methyl sites for hydroxylation is 2. The first-order chi connectivity index (χ1) is 9.60. The van der Waals surface area contributed by atoms with Crippen LogP contribution < -0.4 is 0 Å². The zero-order valence-corrected chi connectivity index (χ0v) is 12.8. The molecule has 4 heteroatoms. The quantitative estimate of drug-likeness (QED) is 0.607. The van der Waals surface area contributed by atoms with Crippen LogP contribution in [0.15, 0.2) is 36.4 Å². The van der Waals surface area contributed by atoms with Crippen LogP contribution in [0.4, 0.5) is 0 Å². The fourth-order valence-electron chi connectivity index (χ4n) is 2.33. The molecule has 102 valence electrons. The van der Waals surface area contributed by atoms with Crippen LogP contribution in [-0.2, 0) is 5.88 Å². The van der Waals surface area contributed by atoms with Crippen LogP contribution in [0, 0.1) is 13.8 Å². The van der Waals surface area contributed by atoms with Gasteiger partial charge in [-0.25, -0.2) is 4.98 Å². The summed E-state index contributed by atoms with van der Waals surface area (Å²) in [7, 11) is 0. The van der Waals surface area contributed by atoms with Gasteiger partial charge in [0.05, 0.1) is 16.9 Å². The number of nitrogens with zero attached hydrogens (tertiary/aromatic N) is 2. The molecule has 20 heavy (non-hydrogen) atoms.